The van der Waals surface area contributed by atoms with Gasteiger partial charge in [-0.05, 0) is 44.3 Å². The quantitative estimate of drug-likeness (QED) is 0.235. The van der Waals surface area contributed by atoms with E-state index in [0.717, 1.165) is 5.69 Å². The van der Waals surface area contributed by atoms with Crippen molar-refractivity contribution in [2.24, 2.45) is 11.5 Å². The second kappa shape index (κ2) is 9.00. The lowest BCUT2D eigenvalue weighted by Crippen LogP contribution is -2.81. The number of nitrogens with zero attached hydrogens (tertiary/aromatic N) is 1. The summed E-state index contributed by atoms with van der Waals surface area (Å²) >= 11 is 4.83. The number of aromatic nitrogens is 1. The molecule has 0 aliphatic carbocycles. The van der Waals surface area contributed by atoms with Crippen molar-refractivity contribution in [3.8, 4) is 11.5 Å². The fourth-order valence-corrected chi connectivity index (χ4v) is 2.41. The monoisotopic (exact) mass is 374 g/mol. The molecule has 0 bridgehead atoms. The van der Waals surface area contributed by atoms with E-state index in [4.69, 9.17) is 38.9 Å². The lowest BCUT2D eigenvalue weighted by Gasteiger charge is -2.16. The Morgan fingerprint density at radius 2 is 2.04 bits per heavy atom. The molecule has 8 heteroatoms. The van der Waals surface area contributed by atoms with Crippen LogP contribution in [0.1, 0.15) is 25.1 Å². The second-order valence-corrected chi connectivity index (χ2v) is 6.31. The molecule has 2 rings (SSSR count). The van der Waals surface area contributed by atoms with Gasteiger partial charge in [-0.15, -0.1) is 0 Å². The van der Waals surface area contributed by atoms with Gasteiger partial charge in [0.05, 0.1) is 24.0 Å². The highest BCUT2D eigenvalue weighted by molar-refractivity contribution is 7.79. The van der Waals surface area contributed by atoms with Crippen LogP contribution < -0.4 is 31.7 Å². The number of ether oxygens (including phenoxy) is 2. The molecule has 1 aromatic carbocycles. The van der Waals surface area contributed by atoms with Crippen LogP contribution in [0.2, 0.25) is 0 Å². The van der Waals surface area contributed by atoms with Crippen LogP contribution in [0.25, 0.3) is 0 Å². The van der Waals surface area contributed by atoms with Crippen LogP contribution in [0.5, 0.6) is 11.5 Å². The molecule has 0 saturated heterocycles. The maximum atomic E-state index is 6.22. The zero-order valence-electron chi connectivity index (χ0n) is 14.9. The van der Waals surface area contributed by atoms with Gasteiger partial charge in [0, 0.05) is 24.4 Å². The summed E-state index contributed by atoms with van der Waals surface area (Å²) in [5.41, 5.74) is 19.6. The average Bonchev–Trinajstić information content (AvgIpc) is 2.57. The van der Waals surface area contributed by atoms with Gasteiger partial charge in [-0.1, -0.05) is 6.07 Å². The van der Waals surface area contributed by atoms with E-state index in [1.807, 2.05) is 32.0 Å². The summed E-state index contributed by atoms with van der Waals surface area (Å²) in [6.45, 7) is 4.27. The van der Waals surface area contributed by atoms with E-state index in [0.29, 0.717) is 35.8 Å². The first kappa shape index (κ1) is 19.5. The van der Waals surface area contributed by atoms with E-state index in [9.17, 15) is 0 Å². The highest BCUT2D eigenvalue weighted by Crippen LogP contribution is 2.31. The van der Waals surface area contributed by atoms with E-state index in [1.54, 1.807) is 18.3 Å². The zero-order valence-corrected chi connectivity index (χ0v) is 15.7. The molecule has 0 spiro atoms. The van der Waals surface area contributed by atoms with Crippen molar-refractivity contribution in [3.05, 3.63) is 47.8 Å². The van der Waals surface area contributed by atoms with E-state index in [2.05, 4.69) is 9.98 Å². The number of nitrogens with one attached hydrogen (secondary N) is 1. The van der Waals surface area contributed by atoms with Gasteiger partial charge in [0.15, 0.2) is 0 Å². The Bertz CT molecular complexity index is 794. The molecule has 0 amide bonds. The third-order valence-electron chi connectivity index (χ3n) is 3.38. The Labute approximate surface area is 158 Å². The van der Waals surface area contributed by atoms with Gasteiger partial charge in [-0.25, -0.2) is 4.99 Å². The third-order valence-corrected chi connectivity index (χ3v) is 3.48. The SMILES string of the molecule is CC(C)Oc1cc(OCCc2ccccn2)c(N)c(/C(N)=[NH+]/C(N)=S)c1. The van der Waals surface area contributed by atoms with Gasteiger partial charge in [0.1, 0.15) is 11.5 Å². The van der Waals surface area contributed by atoms with Crippen molar-refractivity contribution in [1.82, 2.24) is 4.98 Å². The Morgan fingerprint density at radius 3 is 2.65 bits per heavy atom. The lowest BCUT2D eigenvalue weighted by molar-refractivity contribution is -0.313. The summed E-state index contributed by atoms with van der Waals surface area (Å²) in [5, 5.41) is 0.0506. The number of anilines is 1. The smallest absolute Gasteiger partial charge is 0.285 e. The minimum absolute atomic E-state index is 0.0161. The summed E-state index contributed by atoms with van der Waals surface area (Å²) in [6, 6.07) is 9.21. The highest BCUT2D eigenvalue weighted by atomic mass is 32.1. The Balaban J connectivity index is 2.26. The van der Waals surface area contributed by atoms with Crippen molar-refractivity contribution in [1.29, 1.82) is 0 Å². The molecule has 0 atom stereocenters. The Kier molecular flexibility index (Phi) is 6.74. The molecule has 2 aromatic rings. The van der Waals surface area contributed by atoms with Gasteiger partial charge >= 0.3 is 0 Å². The Hall–Kier alpha value is -2.87. The van der Waals surface area contributed by atoms with Crippen molar-refractivity contribution >= 4 is 28.9 Å². The molecule has 0 aliphatic heterocycles. The van der Waals surface area contributed by atoms with Crippen LogP contribution in [-0.4, -0.2) is 28.6 Å². The van der Waals surface area contributed by atoms with Crippen molar-refractivity contribution in [3.63, 3.8) is 0 Å². The van der Waals surface area contributed by atoms with E-state index in [-0.39, 0.29) is 17.1 Å². The van der Waals surface area contributed by atoms with Crippen LogP contribution >= 0.6 is 12.2 Å². The van der Waals surface area contributed by atoms with E-state index in [1.165, 1.54) is 0 Å². The average molecular weight is 374 g/mol. The van der Waals surface area contributed by atoms with E-state index >= 15 is 0 Å². The number of nitrogen functional groups attached to an aromatic ring is 2. The molecule has 0 unspecified atom stereocenters. The number of rotatable bonds is 7. The molecule has 0 aliphatic rings. The fourth-order valence-electron chi connectivity index (χ4n) is 2.30. The summed E-state index contributed by atoms with van der Waals surface area (Å²) in [6.07, 6.45) is 2.38. The summed E-state index contributed by atoms with van der Waals surface area (Å²) in [7, 11) is 0. The number of amidine groups is 1. The largest absolute Gasteiger partial charge is 0.491 e. The van der Waals surface area contributed by atoms with E-state index < -0.39 is 0 Å². The number of thiocarbonyl (C=S) groups is 1. The number of pyridine rings is 1. The molecule has 0 radical (unpaired) electrons. The third kappa shape index (κ3) is 5.59. The Morgan fingerprint density at radius 1 is 1.27 bits per heavy atom. The van der Waals surface area contributed by atoms with Crippen LogP contribution in [0, 0.1) is 0 Å². The maximum Gasteiger partial charge on any atom is 0.285 e. The topological polar surface area (TPSA) is 123 Å². The van der Waals surface area contributed by atoms with Gasteiger partial charge in [0.2, 0.25) is 5.84 Å². The first-order chi connectivity index (χ1) is 12.4. The second-order valence-electron chi connectivity index (χ2n) is 5.87. The number of hydrogen-bond donors (Lipinski definition) is 4. The molecule has 7 N–H and O–H groups in total. The minimum Gasteiger partial charge on any atom is -0.491 e. The number of nitrogens with two attached hydrogens (primary N) is 3. The highest BCUT2D eigenvalue weighted by Gasteiger charge is 2.16. The fraction of sp³-hybridized carbons (Fsp3) is 0.278. The zero-order chi connectivity index (χ0) is 19.1. The van der Waals surface area contributed by atoms with Crippen LogP contribution in [-0.2, 0) is 6.42 Å². The predicted molar refractivity (Wildman–Crippen MR) is 106 cm³/mol. The molecular formula is C18H24N5O2S+. The molecule has 138 valence electrons. The van der Waals surface area contributed by atoms with Crippen molar-refractivity contribution in [2.45, 2.75) is 26.4 Å². The lowest BCUT2D eigenvalue weighted by atomic mass is 10.1. The molecule has 0 fully saturated rings. The van der Waals surface area contributed by atoms with Crippen molar-refractivity contribution in [2.75, 3.05) is 12.3 Å². The predicted octanol–water partition coefficient (Wildman–Crippen LogP) is 0.102. The van der Waals surface area contributed by atoms with Gasteiger partial charge in [-0.2, -0.15) is 0 Å². The molecule has 1 aromatic heterocycles. The molecular weight excluding hydrogens is 350 g/mol. The summed E-state index contributed by atoms with van der Waals surface area (Å²) in [4.78, 5) is 6.96. The summed E-state index contributed by atoms with van der Waals surface area (Å²) in [5.74, 6) is 1.30. The van der Waals surface area contributed by atoms with Crippen LogP contribution in [0.3, 0.4) is 0 Å². The van der Waals surface area contributed by atoms with Crippen LogP contribution in [0.4, 0.5) is 5.69 Å². The standard InChI is InChI=1S/C18H23N5O2S/c1-11(2)25-13-9-14(17(20)23-18(21)26)16(19)15(10-13)24-8-6-12-5-3-4-7-22-12/h3-5,7,9-11H,6,8,19H2,1-2H3,(H4,20,21,23,26)/p+1. The van der Waals surface area contributed by atoms with Gasteiger partial charge in [-0.3, -0.25) is 4.98 Å². The minimum atomic E-state index is -0.0161. The molecule has 1 heterocycles. The van der Waals surface area contributed by atoms with Crippen molar-refractivity contribution < 1.29 is 14.5 Å². The summed E-state index contributed by atoms with van der Waals surface area (Å²) < 4.78 is 11.6. The first-order valence-electron chi connectivity index (χ1n) is 8.19. The number of benzene rings is 1. The maximum absolute atomic E-state index is 6.22. The molecule has 7 nitrogen and oxygen atoms in total. The molecule has 26 heavy (non-hydrogen) atoms. The normalized spacial score (nSPS) is 11.4. The first-order valence-corrected chi connectivity index (χ1v) is 8.59. The molecule has 0 saturated carbocycles. The van der Waals surface area contributed by atoms with Crippen LogP contribution in [0.15, 0.2) is 36.5 Å². The van der Waals surface area contributed by atoms with Gasteiger partial charge < -0.3 is 26.7 Å². The number of hydrogen-bond acceptors (Lipinski definition) is 5. The van der Waals surface area contributed by atoms with Gasteiger partial charge in [0.25, 0.3) is 5.11 Å².